The number of hydrogen-bond acceptors (Lipinski definition) is 7. The van der Waals surface area contributed by atoms with E-state index in [9.17, 15) is 0 Å². The van der Waals surface area contributed by atoms with Crippen molar-refractivity contribution in [3.8, 4) is 0 Å². The van der Waals surface area contributed by atoms with Gasteiger partial charge in [0.15, 0.2) is 0 Å². The molecule has 2 aromatic heterocycles. The van der Waals surface area contributed by atoms with Crippen LogP contribution in [-0.4, -0.2) is 40.6 Å². The van der Waals surface area contributed by atoms with Crippen molar-refractivity contribution in [2.45, 2.75) is 19.9 Å². The summed E-state index contributed by atoms with van der Waals surface area (Å²) in [7, 11) is 3.82. The zero-order valence-corrected chi connectivity index (χ0v) is 12.7. The van der Waals surface area contributed by atoms with Gasteiger partial charge in [-0.3, -0.25) is 4.98 Å². The van der Waals surface area contributed by atoms with Gasteiger partial charge in [-0.2, -0.15) is 15.0 Å². The summed E-state index contributed by atoms with van der Waals surface area (Å²) in [6.07, 6.45) is 4.55. The minimum atomic E-state index is 0.559. The lowest BCUT2D eigenvalue weighted by Crippen LogP contribution is -2.17. The molecule has 0 atom stereocenters. The van der Waals surface area contributed by atoms with Gasteiger partial charge in [-0.25, -0.2) is 0 Å². The van der Waals surface area contributed by atoms with Crippen LogP contribution < -0.4 is 15.5 Å². The molecule has 7 nitrogen and oxygen atoms in total. The van der Waals surface area contributed by atoms with Crippen LogP contribution in [0.2, 0.25) is 0 Å². The van der Waals surface area contributed by atoms with Crippen LogP contribution >= 0.6 is 0 Å². The molecule has 0 aromatic carbocycles. The highest BCUT2D eigenvalue weighted by Crippen LogP contribution is 2.12. The highest BCUT2D eigenvalue weighted by Gasteiger charge is 2.07. The van der Waals surface area contributed by atoms with E-state index in [1.54, 1.807) is 12.4 Å². The van der Waals surface area contributed by atoms with Gasteiger partial charge >= 0.3 is 0 Å². The Labute approximate surface area is 124 Å². The summed E-state index contributed by atoms with van der Waals surface area (Å²) in [6.45, 7) is 3.58. The number of anilines is 3. The topological polar surface area (TPSA) is 78.9 Å². The molecule has 0 saturated carbocycles. The van der Waals surface area contributed by atoms with Gasteiger partial charge in [-0.1, -0.05) is 6.92 Å². The fraction of sp³-hybridized carbons (Fsp3) is 0.429. The van der Waals surface area contributed by atoms with Crippen LogP contribution in [0, 0.1) is 0 Å². The molecule has 0 spiro atoms. The Morgan fingerprint density at radius 3 is 2.29 bits per heavy atom. The van der Waals surface area contributed by atoms with Gasteiger partial charge in [-0.05, 0) is 24.1 Å². The molecule has 112 valence electrons. The minimum absolute atomic E-state index is 0.559. The second-order valence-electron chi connectivity index (χ2n) is 4.81. The van der Waals surface area contributed by atoms with Gasteiger partial charge in [0, 0.05) is 39.6 Å². The highest BCUT2D eigenvalue weighted by molar-refractivity contribution is 5.43. The Morgan fingerprint density at radius 2 is 1.67 bits per heavy atom. The average Bonchev–Trinajstić information content (AvgIpc) is 2.51. The van der Waals surface area contributed by atoms with Crippen molar-refractivity contribution in [2.75, 3.05) is 36.2 Å². The number of nitrogens with zero attached hydrogens (tertiary/aromatic N) is 5. The Kier molecular flexibility index (Phi) is 5.25. The molecule has 21 heavy (non-hydrogen) atoms. The summed E-state index contributed by atoms with van der Waals surface area (Å²) >= 11 is 0. The van der Waals surface area contributed by atoms with Crippen LogP contribution in [0.4, 0.5) is 17.8 Å². The maximum atomic E-state index is 4.39. The monoisotopic (exact) mass is 287 g/mol. The minimum Gasteiger partial charge on any atom is -0.354 e. The van der Waals surface area contributed by atoms with E-state index in [0.717, 1.165) is 18.5 Å². The number of aromatic nitrogens is 4. The Balaban J connectivity index is 2.11. The first kappa shape index (κ1) is 15.0. The maximum absolute atomic E-state index is 4.39. The molecule has 7 heteroatoms. The third-order valence-corrected chi connectivity index (χ3v) is 2.76. The second kappa shape index (κ2) is 7.37. The van der Waals surface area contributed by atoms with Crippen molar-refractivity contribution in [1.29, 1.82) is 0 Å². The summed E-state index contributed by atoms with van der Waals surface area (Å²) in [6, 6.07) is 3.91. The molecule has 0 fully saturated rings. The van der Waals surface area contributed by atoms with Crippen LogP contribution in [0.3, 0.4) is 0 Å². The first-order valence-electron chi connectivity index (χ1n) is 6.99. The quantitative estimate of drug-likeness (QED) is 0.803. The van der Waals surface area contributed by atoms with E-state index in [1.165, 1.54) is 0 Å². The molecule has 0 amide bonds. The van der Waals surface area contributed by atoms with Crippen molar-refractivity contribution >= 4 is 17.8 Å². The van der Waals surface area contributed by atoms with Gasteiger partial charge in [0.1, 0.15) is 0 Å². The molecule has 0 bridgehead atoms. The predicted octanol–water partition coefficient (Wildman–Crippen LogP) is 1.77. The average molecular weight is 287 g/mol. The van der Waals surface area contributed by atoms with Gasteiger partial charge < -0.3 is 15.5 Å². The molecule has 0 aliphatic rings. The van der Waals surface area contributed by atoms with E-state index >= 15 is 0 Å². The van der Waals surface area contributed by atoms with Gasteiger partial charge in [-0.15, -0.1) is 0 Å². The van der Waals surface area contributed by atoms with Crippen molar-refractivity contribution in [3.63, 3.8) is 0 Å². The first-order valence-corrected chi connectivity index (χ1v) is 6.99. The molecule has 2 aromatic rings. The van der Waals surface area contributed by atoms with Gasteiger partial charge in [0.2, 0.25) is 17.8 Å². The van der Waals surface area contributed by atoms with E-state index in [2.05, 4.69) is 37.5 Å². The van der Waals surface area contributed by atoms with Crippen molar-refractivity contribution in [2.24, 2.45) is 0 Å². The Bertz CT molecular complexity index is 557. The van der Waals surface area contributed by atoms with Crippen LogP contribution in [-0.2, 0) is 6.54 Å². The standard InChI is InChI=1S/C14H21N7/c1-4-7-16-12-18-13(20-14(19-12)21(2)3)17-10-11-5-8-15-9-6-11/h5-6,8-9H,4,7,10H2,1-3H3,(H2,16,17,18,19,20). The van der Waals surface area contributed by atoms with Crippen LogP contribution in [0.1, 0.15) is 18.9 Å². The lowest BCUT2D eigenvalue weighted by Gasteiger charge is -2.14. The van der Waals surface area contributed by atoms with E-state index in [4.69, 9.17) is 0 Å². The fourth-order valence-electron chi connectivity index (χ4n) is 1.64. The predicted molar refractivity (Wildman–Crippen MR) is 84.5 cm³/mol. The molecule has 2 rings (SSSR count). The van der Waals surface area contributed by atoms with Gasteiger partial charge in [0.25, 0.3) is 0 Å². The summed E-state index contributed by atoms with van der Waals surface area (Å²) in [4.78, 5) is 19.0. The van der Waals surface area contributed by atoms with Crippen LogP contribution in [0.5, 0.6) is 0 Å². The Morgan fingerprint density at radius 1 is 1.00 bits per heavy atom. The SMILES string of the molecule is CCCNc1nc(NCc2ccncc2)nc(N(C)C)n1. The molecule has 2 heterocycles. The number of hydrogen-bond donors (Lipinski definition) is 2. The molecule has 0 radical (unpaired) electrons. The second-order valence-corrected chi connectivity index (χ2v) is 4.81. The van der Waals surface area contributed by atoms with E-state index < -0.39 is 0 Å². The maximum Gasteiger partial charge on any atom is 0.231 e. The lowest BCUT2D eigenvalue weighted by atomic mass is 10.3. The normalized spacial score (nSPS) is 10.2. The van der Waals surface area contributed by atoms with E-state index in [1.807, 2.05) is 31.1 Å². The lowest BCUT2D eigenvalue weighted by molar-refractivity contribution is 0.910. The highest BCUT2D eigenvalue weighted by atomic mass is 15.3. The summed E-state index contributed by atoms with van der Waals surface area (Å²) < 4.78 is 0. The number of pyridine rings is 1. The van der Waals surface area contributed by atoms with E-state index in [-0.39, 0.29) is 0 Å². The van der Waals surface area contributed by atoms with Crippen molar-refractivity contribution in [3.05, 3.63) is 30.1 Å². The summed E-state index contributed by atoms with van der Waals surface area (Å²) in [5.41, 5.74) is 1.12. The molecule has 0 aliphatic carbocycles. The van der Waals surface area contributed by atoms with Crippen LogP contribution in [0.15, 0.2) is 24.5 Å². The number of rotatable bonds is 7. The molecular weight excluding hydrogens is 266 g/mol. The van der Waals surface area contributed by atoms with Gasteiger partial charge in [0.05, 0.1) is 0 Å². The zero-order valence-electron chi connectivity index (χ0n) is 12.7. The molecule has 0 aliphatic heterocycles. The van der Waals surface area contributed by atoms with Crippen molar-refractivity contribution < 1.29 is 0 Å². The van der Waals surface area contributed by atoms with E-state index in [0.29, 0.717) is 24.4 Å². The third kappa shape index (κ3) is 4.55. The Hall–Kier alpha value is -2.44. The largest absolute Gasteiger partial charge is 0.354 e. The summed E-state index contributed by atoms with van der Waals surface area (Å²) in [5, 5.41) is 6.41. The molecular formula is C14H21N7. The smallest absolute Gasteiger partial charge is 0.231 e. The molecule has 0 saturated heterocycles. The zero-order chi connectivity index (χ0) is 15.1. The van der Waals surface area contributed by atoms with Crippen LogP contribution in [0.25, 0.3) is 0 Å². The number of nitrogens with one attached hydrogen (secondary N) is 2. The van der Waals surface area contributed by atoms with Crippen molar-refractivity contribution in [1.82, 2.24) is 19.9 Å². The summed E-state index contributed by atoms with van der Waals surface area (Å²) in [5.74, 6) is 1.78. The molecule has 0 unspecified atom stereocenters. The fourth-order valence-corrected chi connectivity index (χ4v) is 1.64. The first-order chi connectivity index (χ1) is 10.2. The third-order valence-electron chi connectivity index (χ3n) is 2.76. The molecule has 2 N–H and O–H groups in total.